The van der Waals surface area contributed by atoms with Crippen LogP contribution < -0.4 is 10.6 Å². The largest absolute Gasteiger partial charge is 0.352 e. The Morgan fingerprint density at radius 3 is 2.65 bits per heavy atom. The van der Waals surface area contributed by atoms with Gasteiger partial charge in [0.05, 0.1) is 6.04 Å². The first-order chi connectivity index (χ1) is 8.06. The van der Waals surface area contributed by atoms with Crippen molar-refractivity contribution >= 4 is 11.8 Å². The SMILES string of the molecule is CC(NC1CCC(=O)N(C)C1)C(=O)NC1CC1. The molecule has 0 spiro atoms. The zero-order valence-corrected chi connectivity index (χ0v) is 10.5. The molecule has 0 aromatic carbocycles. The van der Waals surface area contributed by atoms with Crippen LogP contribution in [0.2, 0.25) is 0 Å². The number of amides is 2. The number of rotatable bonds is 4. The van der Waals surface area contributed by atoms with Crippen LogP contribution in [0.5, 0.6) is 0 Å². The summed E-state index contributed by atoms with van der Waals surface area (Å²) in [6, 6.07) is 0.460. The number of hydrogen-bond donors (Lipinski definition) is 2. The summed E-state index contributed by atoms with van der Waals surface area (Å²) in [5.41, 5.74) is 0. The quantitative estimate of drug-likeness (QED) is 0.718. The molecule has 96 valence electrons. The van der Waals surface area contributed by atoms with Crippen LogP contribution in [0.15, 0.2) is 0 Å². The number of carbonyl (C=O) groups is 2. The summed E-state index contributed by atoms with van der Waals surface area (Å²) < 4.78 is 0. The van der Waals surface area contributed by atoms with Crippen LogP contribution in [0, 0.1) is 0 Å². The van der Waals surface area contributed by atoms with Gasteiger partial charge in [-0.25, -0.2) is 0 Å². The van der Waals surface area contributed by atoms with E-state index < -0.39 is 0 Å². The van der Waals surface area contributed by atoms with Crippen molar-refractivity contribution in [3.05, 3.63) is 0 Å². The molecule has 2 unspecified atom stereocenters. The van der Waals surface area contributed by atoms with E-state index in [2.05, 4.69) is 10.6 Å². The van der Waals surface area contributed by atoms with Crippen molar-refractivity contribution in [2.75, 3.05) is 13.6 Å². The van der Waals surface area contributed by atoms with E-state index >= 15 is 0 Å². The zero-order chi connectivity index (χ0) is 12.4. The Morgan fingerprint density at radius 2 is 2.06 bits per heavy atom. The predicted molar refractivity (Wildman–Crippen MR) is 64.4 cm³/mol. The monoisotopic (exact) mass is 239 g/mol. The van der Waals surface area contributed by atoms with Crippen LogP contribution in [0.25, 0.3) is 0 Å². The highest BCUT2D eigenvalue weighted by Gasteiger charge is 2.28. The Bertz CT molecular complexity index is 315. The van der Waals surface area contributed by atoms with Gasteiger partial charge in [-0.05, 0) is 26.2 Å². The molecule has 1 heterocycles. The smallest absolute Gasteiger partial charge is 0.237 e. The van der Waals surface area contributed by atoms with Gasteiger partial charge in [-0.2, -0.15) is 0 Å². The van der Waals surface area contributed by atoms with Crippen LogP contribution in [0.3, 0.4) is 0 Å². The lowest BCUT2D eigenvalue weighted by atomic mass is 10.0. The summed E-state index contributed by atoms with van der Waals surface area (Å²) >= 11 is 0. The standard InChI is InChI=1S/C12H21N3O2/c1-8(12(17)14-9-3-4-9)13-10-5-6-11(16)15(2)7-10/h8-10,13H,3-7H2,1-2H3,(H,14,17). The minimum absolute atomic E-state index is 0.0760. The maximum atomic E-state index is 11.8. The second kappa shape index (κ2) is 5.04. The van der Waals surface area contributed by atoms with Gasteiger partial charge in [-0.3, -0.25) is 9.59 Å². The van der Waals surface area contributed by atoms with Crippen molar-refractivity contribution in [3.63, 3.8) is 0 Å². The first-order valence-electron chi connectivity index (χ1n) is 6.36. The lowest BCUT2D eigenvalue weighted by Crippen LogP contribution is -2.53. The van der Waals surface area contributed by atoms with Gasteiger partial charge in [0.2, 0.25) is 11.8 Å². The molecule has 2 amide bonds. The highest BCUT2D eigenvalue weighted by molar-refractivity contribution is 5.82. The molecule has 1 aliphatic carbocycles. The molecular formula is C12H21N3O2. The van der Waals surface area contributed by atoms with E-state index in [1.807, 2.05) is 14.0 Å². The summed E-state index contributed by atoms with van der Waals surface area (Å²) in [4.78, 5) is 24.8. The zero-order valence-electron chi connectivity index (χ0n) is 10.5. The third-order valence-electron chi connectivity index (χ3n) is 3.43. The van der Waals surface area contributed by atoms with Gasteiger partial charge < -0.3 is 15.5 Å². The molecule has 17 heavy (non-hydrogen) atoms. The number of hydrogen-bond acceptors (Lipinski definition) is 3. The molecule has 5 nitrogen and oxygen atoms in total. The number of likely N-dealkylation sites (N-methyl/N-ethyl adjacent to an activating group) is 1. The summed E-state index contributed by atoms with van der Waals surface area (Å²) in [6.45, 7) is 2.58. The van der Waals surface area contributed by atoms with Gasteiger partial charge in [0.1, 0.15) is 0 Å². The van der Waals surface area contributed by atoms with Crippen molar-refractivity contribution < 1.29 is 9.59 Å². The van der Waals surface area contributed by atoms with Gasteiger partial charge >= 0.3 is 0 Å². The van der Waals surface area contributed by atoms with Crippen molar-refractivity contribution in [1.29, 1.82) is 0 Å². The Balaban J connectivity index is 1.75. The Hall–Kier alpha value is -1.10. The predicted octanol–water partition coefficient (Wildman–Crippen LogP) is -0.136. The van der Waals surface area contributed by atoms with E-state index in [1.54, 1.807) is 4.90 Å². The lowest BCUT2D eigenvalue weighted by molar-refractivity contribution is -0.132. The van der Waals surface area contributed by atoms with Crippen molar-refractivity contribution in [3.8, 4) is 0 Å². The third-order valence-corrected chi connectivity index (χ3v) is 3.43. The first kappa shape index (κ1) is 12.4. The first-order valence-corrected chi connectivity index (χ1v) is 6.36. The Kier molecular flexibility index (Phi) is 3.66. The number of carbonyl (C=O) groups excluding carboxylic acids is 2. The molecular weight excluding hydrogens is 218 g/mol. The second-order valence-electron chi connectivity index (χ2n) is 5.18. The average Bonchev–Trinajstić information content (AvgIpc) is 3.07. The fraction of sp³-hybridized carbons (Fsp3) is 0.833. The molecule has 2 atom stereocenters. The fourth-order valence-corrected chi connectivity index (χ4v) is 2.13. The van der Waals surface area contributed by atoms with E-state index in [9.17, 15) is 9.59 Å². The van der Waals surface area contributed by atoms with E-state index in [0.29, 0.717) is 19.0 Å². The molecule has 0 aromatic heterocycles. The molecule has 0 bridgehead atoms. The maximum Gasteiger partial charge on any atom is 0.237 e. The summed E-state index contributed by atoms with van der Waals surface area (Å²) in [5, 5.41) is 6.28. The molecule has 0 radical (unpaired) electrons. The third kappa shape index (κ3) is 3.43. The van der Waals surface area contributed by atoms with Gasteiger partial charge in [0.15, 0.2) is 0 Å². The number of nitrogens with one attached hydrogen (secondary N) is 2. The second-order valence-corrected chi connectivity index (χ2v) is 5.18. The molecule has 0 aromatic rings. The molecule has 1 saturated heterocycles. The summed E-state index contributed by atoms with van der Waals surface area (Å²) in [6.07, 6.45) is 3.62. The Labute approximate surface area is 102 Å². The molecule has 1 aliphatic heterocycles. The molecule has 2 rings (SSSR count). The maximum absolute atomic E-state index is 11.8. The normalized spacial score (nSPS) is 26.8. The van der Waals surface area contributed by atoms with Crippen molar-refractivity contribution in [1.82, 2.24) is 15.5 Å². The Morgan fingerprint density at radius 1 is 1.35 bits per heavy atom. The van der Waals surface area contributed by atoms with Crippen LogP contribution in [-0.4, -0.2) is 48.4 Å². The number of piperidine rings is 1. The van der Waals surface area contributed by atoms with E-state index in [-0.39, 0.29) is 23.9 Å². The lowest BCUT2D eigenvalue weighted by Gasteiger charge is -2.31. The van der Waals surface area contributed by atoms with E-state index in [0.717, 1.165) is 19.3 Å². The van der Waals surface area contributed by atoms with E-state index in [1.165, 1.54) is 0 Å². The molecule has 5 heteroatoms. The number of nitrogens with zero attached hydrogens (tertiary/aromatic N) is 1. The highest BCUT2D eigenvalue weighted by Crippen LogP contribution is 2.18. The topological polar surface area (TPSA) is 61.4 Å². The average molecular weight is 239 g/mol. The minimum Gasteiger partial charge on any atom is -0.352 e. The van der Waals surface area contributed by atoms with E-state index in [4.69, 9.17) is 0 Å². The summed E-state index contributed by atoms with van der Waals surface area (Å²) in [5.74, 6) is 0.269. The van der Waals surface area contributed by atoms with Crippen LogP contribution in [0.1, 0.15) is 32.6 Å². The van der Waals surface area contributed by atoms with Gasteiger partial charge in [-0.1, -0.05) is 0 Å². The summed E-state index contributed by atoms with van der Waals surface area (Å²) in [7, 11) is 1.81. The molecule has 2 aliphatic rings. The van der Waals surface area contributed by atoms with Crippen LogP contribution in [-0.2, 0) is 9.59 Å². The molecule has 2 fully saturated rings. The van der Waals surface area contributed by atoms with Crippen LogP contribution >= 0.6 is 0 Å². The van der Waals surface area contributed by atoms with Gasteiger partial charge in [0, 0.05) is 32.1 Å². The molecule has 1 saturated carbocycles. The van der Waals surface area contributed by atoms with Crippen molar-refractivity contribution in [2.24, 2.45) is 0 Å². The van der Waals surface area contributed by atoms with Gasteiger partial charge in [-0.15, -0.1) is 0 Å². The molecule has 2 N–H and O–H groups in total. The van der Waals surface area contributed by atoms with Crippen LogP contribution in [0.4, 0.5) is 0 Å². The van der Waals surface area contributed by atoms with Crippen molar-refractivity contribution in [2.45, 2.75) is 50.7 Å². The minimum atomic E-state index is -0.179. The number of likely N-dealkylation sites (tertiary alicyclic amines) is 1. The highest BCUT2D eigenvalue weighted by atomic mass is 16.2. The fourth-order valence-electron chi connectivity index (χ4n) is 2.13. The van der Waals surface area contributed by atoms with Gasteiger partial charge in [0.25, 0.3) is 0 Å².